The summed E-state index contributed by atoms with van der Waals surface area (Å²) < 4.78 is 20.5. The summed E-state index contributed by atoms with van der Waals surface area (Å²) in [5, 5.41) is 14.9. The second-order valence-corrected chi connectivity index (χ2v) is 7.00. The lowest BCUT2D eigenvalue weighted by atomic mass is 9.94. The summed E-state index contributed by atoms with van der Waals surface area (Å²) in [5.41, 5.74) is 1.82. The molecule has 4 rings (SSSR count). The highest BCUT2D eigenvalue weighted by Gasteiger charge is 2.37. The number of halogens is 1. The Morgan fingerprint density at radius 3 is 2.80 bits per heavy atom. The highest BCUT2D eigenvalue weighted by Crippen LogP contribution is 2.32. The summed E-state index contributed by atoms with van der Waals surface area (Å²) >= 11 is 0. The predicted molar refractivity (Wildman–Crippen MR) is 91.9 cm³/mol. The number of ether oxygens (including phenoxy) is 1. The second-order valence-electron chi connectivity index (χ2n) is 7.00. The van der Waals surface area contributed by atoms with E-state index in [1.807, 2.05) is 12.3 Å². The van der Waals surface area contributed by atoms with E-state index in [0.717, 1.165) is 50.3 Å². The Bertz CT molecular complexity index is 703. The molecule has 25 heavy (non-hydrogen) atoms. The molecule has 1 saturated carbocycles. The maximum atomic E-state index is 13.1. The molecule has 1 aromatic heterocycles. The van der Waals surface area contributed by atoms with Gasteiger partial charge in [0.1, 0.15) is 5.82 Å². The van der Waals surface area contributed by atoms with Crippen molar-refractivity contribution in [3.8, 4) is 5.69 Å². The Hall–Kier alpha value is -1.76. The van der Waals surface area contributed by atoms with Crippen LogP contribution in [0.25, 0.3) is 5.69 Å². The number of morpholine rings is 1. The highest BCUT2D eigenvalue weighted by molar-refractivity contribution is 5.31. The van der Waals surface area contributed by atoms with Crippen LogP contribution in [0.1, 0.15) is 25.0 Å². The Balaban J connectivity index is 1.47. The molecule has 1 aliphatic carbocycles. The molecule has 134 valence electrons. The largest absolute Gasteiger partial charge is 0.393 e. The maximum absolute atomic E-state index is 13.1. The molecule has 0 spiro atoms. The van der Waals surface area contributed by atoms with Crippen LogP contribution in [0.5, 0.6) is 0 Å². The number of aliphatic hydroxyl groups excluding tert-OH is 1. The molecule has 0 bridgehead atoms. The SMILES string of the molecule is O[C@@H]1CCC[C@@H]1[C@@H]1COCCN1Cc1ccn(-c2ccc(F)cc2)n1. The molecule has 2 heterocycles. The molecule has 1 saturated heterocycles. The van der Waals surface area contributed by atoms with E-state index in [-0.39, 0.29) is 18.0 Å². The lowest BCUT2D eigenvalue weighted by molar-refractivity contribution is -0.0541. The van der Waals surface area contributed by atoms with Gasteiger partial charge in [0.15, 0.2) is 0 Å². The van der Waals surface area contributed by atoms with E-state index in [1.165, 1.54) is 12.1 Å². The molecule has 0 radical (unpaired) electrons. The summed E-state index contributed by atoms with van der Waals surface area (Å²) in [6.07, 6.45) is 4.74. The van der Waals surface area contributed by atoms with Crippen molar-refractivity contribution < 1.29 is 14.2 Å². The molecule has 2 fully saturated rings. The Labute approximate surface area is 147 Å². The van der Waals surface area contributed by atoms with E-state index < -0.39 is 0 Å². The fourth-order valence-electron chi connectivity index (χ4n) is 4.06. The van der Waals surface area contributed by atoms with E-state index in [0.29, 0.717) is 12.5 Å². The lowest BCUT2D eigenvalue weighted by Gasteiger charge is -2.39. The Morgan fingerprint density at radius 2 is 2.04 bits per heavy atom. The van der Waals surface area contributed by atoms with Crippen LogP contribution in [0.4, 0.5) is 4.39 Å². The van der Waals surface area contributed by atoms with Crippen molar-refractivity contribution >= 4 is 0 Å². The van der Waals surface area contributed by atoms with Gasteiger partial charge in [-0.1, -0.05) is 6.42 Å². The number of hydrogen-bond acceptors (Lipinski definition) is 4. The van der Waals surface area contributed by atoms with Crippen LogP contribution in [-0.4, -0.2) is 51.7 Å². The molecule has 0 amide bonds. The number of aliphatic hydroxyl groups is 1. The van der Waals surface area contributed by atoms with Gasteiger partial charge >= 0.3 is 0 Å². The minimum absolute atomic E-state index is 0.217. The van der Waals surface area contributed by atoms with Gasteiger partial charge < -0.3 is 9.84 Å². The summed E-state index contributed by atoms with van der Waals surface area (Å²) in [5.74, 6) is 0.0434. The molecular formula is C19H24FN3O2. The van der Waals surface area contributed by atoms with Crippen LogP contribution in [0, 0.1) is 11.7 Å². The molecule has 2 aliphatic rings. The normalized spacial score (nSPS) is 27.7. The number of aromatic nitrogens is 2. The van der Waals surface area contributed by atoms with E-state index in [9.17, 15) is 9.50 Å². The zero-order chi connectivity index (χ0) is 17.2. The first-order valence-corrected chi connectivity index (χ1v) is 9.01. The van der Waals surface area contributed by atoms with Crippen molar-refractivity contribution in [3.63, 3.8) is 0 Å². The summed E-state index contributed by atoms with van der Waals surface area (Å²) in [4.78, 5) is 2.39. The molecule has 1 aromatic carbocycles. The molecule has 1 N–H and O–H groups in total. The topological polar surface area (TPSA) is 50.5 Å². The zero-order valence-corrected chi connectivity index (χ0v) is 14.2. The van der Waals surface area contributed by atoms with Crippen molar-refractivity contribution in [3.05, 3.63) is 48.0 Å². The van der Waals surface area contributed by atoms with Crippen LogP contribution in [0.3, 0.4) is 0 Å². The van der Waals surface area contributed by atoms with Crippen molar-refractivity contribution in [2.75, 3.05) is 19.8 Å². The standard InChI is InChI=1S/C19H24FN3O2/c20-14-4-6-16(7-5-14)23-9-8-15(21-23)12-22-10-11-25-13-18(22)17-2-1-3-19(17)24/h4-9,17-19,24H,1-3,10-13H2/t17-,18+,19-/m1/s1. The fraction of sp³-hybridized carbons (Fsp3) is 0.526. The van der Waals surface area contributed by atoms with E-state index >= 15 is 0 Å². The molecule has 5 nitrogen and oxygen atoms in total. The summed E-state index contributed by atoms with van der Waals surface area (Å²) in [6.45, 7) is 3.00. The van der Waals surface area contributed by atoms with Crippen LogP contribution in [-0.2, 0) is 11.3 Å². The van der Waals surface area contributed by atoms with Crippen LogP contribution in [0.15, 0.2) is 36.5 Å². The van der Waals surface area contributed by atoms with Gasteiger partial charge in [0.25, 0.3) is 0 Å². The maximum Gasteiger partial charge on any atom is 0.123 e. The van der Waals surface area contributed by atoms with Gasteiger partial charge in [-0.15, -0.1) is 0 Å². The monoisotopic (exact) mass is 345 g/mol. The molecule has 6 heteroatoms. The third-order valence-electron chi connectivity index (χ3n) is 5.41. The third-order valence-corrected chi connectivity index (χ3v) is 5.41. The van der Waals surface area contributed by atoms with Crippen molar-refractivity contribution in [1.82, 2.24) is 14.7 Å². The van der Waals surface area contributed by atoms with Crippen LogP contribution >= 0.6 is 0 Å². The Kier molecular flexibility index (Phi) is 4.83. The molecule has 3 atom stereocenters. The van der Waals surface area contributed by atoms with Gasteiger partial charge in [-0.3, -0.25) is 4.90 Å². The zero-order valence-electron chi connectivity index (χ0n) is 14.2. The van der Waals surface area contributed by atoms with Gasteiger partial charge in [0.05, 0.1) is 30.7 Å². The molecular weight excluding hydrogens is 321 g/mol. The van der Waals surface area contributed by atoms with Crippen LogP contribution in [0.2, 0.25) is 0 Å². The first-order chi connectivity index (χ1) is 12.2. The predicted octanol–water partition coefficient (Wildman–Crippen LogP) is 2.37. The van der Waals surface area contributed by atoms with E-state index in [1.54, 1.807) is 16.8 Å². The van der Waals surface area contributed by atoms with Crippen LogP contribution < -0.4 is 0 Å². The van der Waals surface area contributed by atoms with E-state index in [4.69, 9.17) is 4.74 Å². The average molecular weight is 345 g/mol. The van der Waals surface area contributed by atoms with Gasteiger partial charge in [-0.25, -0.2) is 9.07 Å². The van der Waals surface area contributed by atoms with Gasteiger partial charge in [0.2, 0.25) is 0 Å². The molecule has 2 aromatic rings. The minimum Gasteiger partial charge on any atom is -0.393 e. The summed E-state index contributed by atoms with van der Waals surface area (Å²) in [6, 6.07) is 8.58. The minimum atomic E-state index is -0.248. The fourth-order valence-corrected chi connectivity index (χ4v) is 4.06. The highest BCUT2D eigenvalue weighted by atomic mass is 19.1. The lowest BCUT2D eigenvalue weighted by Crippen LogP contribution is -2.50. The van der Waals surface area contributed by atoms with Crippen molar-refractivity contribution in [2.45, 2.75) is 38.0 Å². The van der Waals surface area contributed by atoms with Crippen molar-refractivity contribution in [1.29, 1.82) is 0 Å². The number of benzene rings is 1. The third kappa shape index (κ3) is 3.61. The molecule has 1 aliphatic heterocycles. The average Bonchev–Trinajstić information content (AvgIpc) is 3.25. The molecule has 0 unspecified atom stereocenters. The summed E-state index contributed by atoms with van der Waals surface area (Å²) in [7, 11) is 0. The van der Waals surface area contributed by atoms with Gasteiger partial charge in [-0.2, -0.15) is 5.10 Å². The van der Waals surface area contributed by atoms with E-state index in [2.05, 4.69) is 10.00 Å². The first-order valence-electron chi connectivity index (χ1n) is 9.01. The number of rotatable bonds is 4. The Morgan fingerprint density at radius 1 is 1.20 bits per heavy atom. The van der Waals surface area contributed by atoms with Gasteiger partial charge in [0, 0.05) is 31.2 Å². The second kappa shape index (κ2) is 7.23. The van der Waals surface area contributed by atoms with Crippen molar-refractivity contribution in [2.24, 2.45) is 5.92 Å². The van der Waals surface area contributed by atoms with Gasteiger partial charge in [-0.05, 0) is 43.2 Å². The smallest absolute Gasteiger partial charge is 0.123 e. The number of nitrogens with zero attached hydrogens (tertiary/aromatic N) is 3. The quantitative estimate of drug-likeness (QED) is 0.924. The first kappa shape index (κ1) is 16.7. The number of hydrogen-bond donors (Lipinski definition) is 1.